The fourth-order valence-corrected chi connectivity index (χ4v) is 3.88. The van der Waals surface area contributed by atoms with E-state index in [1.165, 1.54) is 13.1 Å². The van der Waals surface area contributed by atoms with Crippen molar-refractivity contribution in [3.05, 3.63) is 0 Å². The zero-order chi connectivity index (χ0) is 18.8. The van der Waals surface area contributed by atoms with Crippen molar-refractivity contribution in [1.82, 2.24) is 20.0 Å². The van der Waals surface area contributed by atoms with E-state index in [2.05, 4.69) is 75.5 Å². The Balaban J connectivity index is 2.08. The van der Waals surface area contributed by atoms with Crippen LogP contribution in [0.4, 0.5) is 0 Å². The summed E-state index contributed by atoms with van der Waals surface area (Å²) in [6, 6.07) is 0.528. The number of likely N-dealkylation sites (tertiary alicyclic amines) is 1. The third kappa shape index (κ3) is 4.30. The monoisotopic (exact) mass is 351 g/mol. The van der Waals surface area contributed by atoms with Crippen molar-refractivity contribution in [3.8, 4) is 0 Å². The highest BCUT2D eigenvalue weighted by Gasteiger charge is 2.53. The van der Waals surface area contributed by atoms with Crippen LogP contribution in [0, 0.1) is 11.3 Å². The first-order valence-corrected chi connectivity index (χ1v) is 10.1. The van der Waals surface area contributed by atoms with Gasteiger partial charge in [-0.15, -0.1) is 0 Å². The fourth-order valence-electron chi connectivity index (χ4n) is 3.88. The molecule has 0 bridgehead atoms. The van der Waals surface area contributed by atoms with Crippen LogP contribution in [0.25, 0.3) is 0 Å². The quantitative estimate of drug-likeness (QED) is 0.609. The molecule has 0 aromatic heterocycles. The van der Waals surface area contributed by atoms with Crippen LogP contribution >= 0.6 is 0 Å². The van der Waals surface area contributed by atoms with Crippen molar-refractivity contribution in [2.45, 2.75) is 60.0 Å². The molecule has 0 saturated carbocycles. The van der Waals surface area contributed by atoms with E-state index >= 15 is 0 Å². The molecule has 2 aliphatic heterocycles. The lowest BCUT2D eigenvalue weighted by Gasteiger charge is -2.62. The molecule has 5 nitrogen and oxygen atoms in total. The second-order valence-electron chi connectivity index (χ2n) is 9.37. The number of aliphatic imine (C=N–C) groups is 1. The van der Waals surface area contributed by atoms with Crippen molar-refractivity contribution >= 4 is 5.96 Å². The first-order chi connectivity index (χ1) is 11.6. The topological polar surface area (TPSA) is 34.1 Å². The van der Waals surface area contributed by atoms with Crippen molar-refractivity contribution in [1.29, 1.82) is 0 Å². The standard InChI is InChI=1S/C20H41N5/c1-9-21-18(25-15-19(4,5)20(25,6)7)22-14-17(16(2)3)24-12-10-23(8)11-13-24/h16-17H,9-15H2,1-8H3,(H,21,22). The Labute approximate surface area is 155 Å². The summed E-state index contributed by atoms with van der Waals surface area (Å²) in [6.45, 7) is 23.8. The molecule has 5 heteroatoms. The number of guanidine groups is 1. The van der Waals surface area contributed by atoms with Gasteiger partial charge in [0, 0.05) is 56.3 Å². The highest BCUT2D eigenvalue weighted by atomic mass is 15.4. The number of hydrogen-bond donors (Lipinski definition) is 1. The molecule has 0 radical (unpaired) electrons. The summed E-state index contributed by atoms with van der Waals surface area (Å²) >= 11 is 0. The van der Waals surface area contributed by atoms with Crippen molar-refractivity contribution in [2.75, 3.05) is 52.9 Å². The van der Waals surface area contributed by atoms with Crippen LogP contribution in [0.2, 0.25) is 0 Å². The predicted octanol–water partition coefficient (Wildman–Crippen LogP) is 2.34. The SMILES string of the molecule is CCNC(=NCC(C(C)C)N1CCN(C)CC1)N1CC(C)(C)C1(C)C. The molecule has 0 amide bonds. The van der Waals surface area contributed by atoms with Gasteiger partial charge in [-0.25, -0.2) is 0 Å². The summed E-state index contributed by atoms with van der Waals surface area (Å²) in [6.07, 6.45) is 0. The average Bonchev–Trinajstić information content (AvgIpc) is 2.53. The van der Waals surface area contributed by atoms with Crippen LogP contribution in [0.1, 0.15) is 48.5 Å². The van der Waals surface area contributed by atoms with E-state index in [0.29, 0.717) is 17.4 Å². The van der Waals surface area contributed by atoms with E-state index in [1.807, 2.05) is 0 Å². The van der Waals surface area contributed by atoms with Crippen LogP contribution < -0.4 is 5.32 Å². The minimum Gasteiger partial charge on any atom is -0.356 e. The van der Waals surface area contributed by atoms with Crippen LogP contribution in [-0.2, 0) is 0 Å². The molecule has 1 unspecified atom stereocenters. The molecular formula is C20H41N5. The number of nitrogens with zero attached hydrogens (tertiary/aromatic N) is 4. The molecule has 1 atom stereocenters. The molecule has 2 fully saturated rings. The lowest BCUT2D eigenvalue weighted by molar-refractivity contribution is -0.0668. The maximum Gasteiger partial charge on any atom is 0.194 e. The summed E-state index contributed by atoms with van der Waals surface area (Å²) in [7, 11) is 2.22. The first-order valence-electron chi connectivity index (χ1n) is 10.1. The van der Waals surface area contributed by atoms with Gasteiger partial charge in [-0.2, -0.15) is 0 Å². The molecule has 0 aromatic carbocycles. The number of rotatable bonds is 5. The van der Waals surface area contributed by atoms with Gasteiger partial charge in [0.2, 0.25) is 0 Å². The fraction of sp³-hybridized carbons (Fsp3) is 0.950. The maximum absolute atomic E-state index is 5.09. The lowest BCUT2D eigenvalue weighted by atomic mass is 9.65. The van der Waals surface area contributed by atoms with Crippen molar-refractivity contribution in [3.63, 3.8) is 0 Å². The molecule has 2 aliphatic rings. The van der Waals surface area contributed by atoms with Crippen molar-refractivity contribution in [2.24, 2.45) is 16.3 Å². The summed E-state index contributed by atoms with van der Waals surface area (Å²) < 4.78 is 0. The van der Waals surface area contributed by atoms with Gasteiger partial charge in [0.15, 0.2) is 5.96 Å². The molecule has 0 aromatic rings. The summed E-state index contributed by atoms with van der Waals surface area (Å²) in [4.78, 5) is 12.6. The van der Waals surface area contributed by atoms with E-state index in [0.717, 1.165) is 38.7 Å². The third-order valence-electron chi connectivity index (χ3n) is 6.68. The lowest BCUT2D eigenvalue weighted by Crippen LogP contribution is -2.72. The Kier molecular flexibility index (Phi) is 6.42. The van der Waals surface area contributed by atoms with Crippen LogP contribution in [0.5, 0.6) is 0 Å². The smallest absolute Gasteiger partial charge is 0.194 e. The van der Waals surface area contributed by atoms with E-state index < -0.39 is 0 Å². The average molecular weight is 352 g/mol. The van der Waals surface area contributed by atoms with Gasteiger partial charge in [0.25, 0.3) is 0 Å². The van der Waals surface area contributed by atoms with Crippen molar-refractivity contribution < 1.29 is 0 Å². The van der Waals surface area contributed by atoms with Crippen LogP contribution in [0.3, 0.4) is 0 Å². The molecule has 0 aliphatic carbocycles. The Hall–Kier alpha value is -0.810. The zero-order valence-corrected chi connectivity index (χ0v) is 17.9. The molecular weight excluding hydrogens is 310 g/mol. The number of piperazine rings is 1. The van der Waals surface area contributed by atoms with E-state index in [9.17, 15) is 0 Å². The molecule has 2 heterocycles. The van der Waals surface area contributed by atoms with Crippen LogP contribution in [-0.4, -0.2) is 85.1 Å². The van der Waals surface area contributed by atoms with Gasteiger partial charge < -0.3 is 15.1 Å². The highest BCUT2D eigenvalue weighted by molar-refractivity contribution is 5.82. The summed E-state index contributed by atoms with van der Waals surface area (Å²) in [5.41, 5.74) is 0.479. The first kappa shape index (κ1) is 20.5. The van der Waals surface area contributed by atoms with E-state index in [1.54, 1.807) is 0 Å². The zero-order valence-electron chi connectivity index (χ0n) is 17.9. The van der Waals surface area contributed by atoms with Gasteiger partial charge >= 0.3 is 0 Å². The Morgan fingerprint density at radius 2 is 1.68 bits per heavy atom. The third-order valence-corrected chi connectivity index (χ3v) is 6.68. The minimum atomic E-state index is 0.148. The van der Waals surface area contributed by atoms with Gasteiger partial charge in [-0.1, -0.05) is 27.7 Å². The second kappa shape index (κ2) is 7.83. The molecule has 2 rings (SSSR count). The van der Waals surface area contributed by atoms with E-state index in [-0.39, 0.29) is 5.54 Å². The summed E-state index contributed by atoms with van der Waals surface area (Å²) in [5.74, 6) is 1.71. The Morgan fingerprint density at radius 1 is 1.08 bits per heavy atom. The molecule has 25 heavy (non-hydrogen) atoms. The minimum absolute atomic E-state index is 0.148. The van der Waals surface area contributed by atoms with Gasteiger partial charge in [0.1, 0.15) is 0 Å². The number of likely N-dealkylation sites (N-methyl/N-ethyl adjacent to an activating group) is 1. The van der Waals surface area contributed by atoms with E-state index in [4.69, 9.17) is 4.99 Å². The van der Waals surface area contributed by atoms with Crippen LogP contribution in [0.15, 0.2) is 4.99 Å². The molecule has 146 valence electrons. The number of hydrogen-bond acceptors (Lipinski definition) is 3. The highest BCUT2D eigenvalue weighted by Crippen LogP contribution is 2.46. The Bertz CT molecular complexity index is 461. The second-order valence-corrected chi connectivity index (χ2v) is 9.37. The summed E-state index contributed by atoms with van der Waals surface area (Å²) in [5, 5.41) is 3.53. The number of nitrogens with one attached hydrogen (secondary N) is 1. The molecule has 2 saturated heterocycles. The Morgan fingerprint density at radius 3 is 2.12 bits per heavy atom. The van der Waals surface area contributed by atoms with Gasteiger partial charge in [0.05, 0.1) is 6.54 Å². The predicted molar refractivity (Wildman–Crippen MR) is 108 cm³/mol. The molecule has 1 N–H and O–H groups in total. The normalized spacial score (nSPS) is 25.8. The largest absolute Gasteiger partial charge is 0.356 e. The molecule has 0 spiro atoms. The van der Waals surface area contributed by atoms with Gasteiger partial charge in [-0.3, -0.25) is 9.89 Å². The maximum atomic E-state index is 5.09. The van der Waals surface area contributed by atoms with Gasteiger partial charge in [-0.05, 0) is 33.7 Å².